The lowest BCUT2D eigenvalue weighted by atomic mass is 10.4. The quantitative estimate of drug-likeness (QED) is 0.882. The Morgan fingerprint density at radius 2 is 1.89 bits per heavy atom. The second-order valence-corrected chi connectivity index (χ2v) is 4.23. The van der Waals surface area contributed by atoms with Crippen LogP contribution in [0.4, 0.5) is 25.1 Å². The van der Waals surface area contributed by atoms with Crippen LogP contribution in [0.15, 0.2) is 0 Å². The summed E-state index contributed by atoms with van der Waals surface area (Å²) in [5.41, 5.74) is 5.46. The zero-order valence-electron chi connectivity index (χ0n) is 10.9. The Morgan fingerprint density at radius 3 is 2.42 bits per heavy atom. The molecule has 0 bridgehead atoms. The van der Waals surface area contributed by atoms with Gasteiger partial charge in [-0.25, -0.2) is 0 Å². The third kappa shape index (κ3) is 5.58. The van der Waals surface area contributed by atoms with Crippen LogP contribution in [0.2, 0.25) is 0 Å². The molecule has 1 aromatic rings. The molecular formula is C10H16F3N5O. The van der Waals surface area contributed by atoms with Crippen molar-refractivity contribution in [3.63, 3.8) is 0 Å². The van der Waals surface area contributed by atoms with E-state index in [1.54, 1.807) is 13.8 Å². The van der Waals surface area contributed by atoms with E-state index in [1.165, 1.54) is 11.9 Å². The van der Waals surface area contributed by atoms with E-state index < -0.39 is 12.6 Å². The highest BCUT2D eigenvalue weighted by atomic mass is 19.4. The molecule has 0 aliphatic carbocycles. The molecule has 6 nitrogen and oxygen atoms in total. The van der Waals surface area contributed by atoms with E-state index in [1.807, 2.05) is 0 Å². The fraction of sp³-hybridized carbons (Fsp3) is 0.700. The normalized spacial score (nSPS) is 11.7. The smallest absolute Gasteiger partial charge is 0.390 e. The summed E-state index contributed by atoms with van der Waals surface area (Å²) in [7, 11) is 1.44. The fourth-order valence-electron chi connectivity index (χ4n) is 1.19. The van der Waals surface area contributed by atoms with E-state index in [-0.39, 0.29) is 30.6 Å². The van der Waals surface area contributed by atoms with Crippen LogP contribution in [-0.4, -0.2) is 40.8 Å². The number of alkyl halides is 3. The summed E-state index contributed by atoms with van der Waals surface area (Å²) in [6.45, 7) is 3.27. The van der Waals surface area contributed by atoms with Gasteiger partial charge in [0.05, 0.1) is 12.5 Å². The highest BCUT2D eigenvalue weighted by molar-refractivity contribution is 5.34. The number of anilines is 2. The first-order valence-corrected chi connectivity index (χ1v) is 5.63. The van der Waals surface area contributed by atoms with Crippen LogP contribution in [0.5, 0.6) is 6.01 Å². The lowest BCUT2D eigenvalue weighted by molar-refractivity contribution is -0.132. The minimum Gasteiger partial charge on any atom is -0.461 e. The van der Waals surface area contributed by atoms with Crippen molar-refractivity contribution in [2.45, 2.75) is 32.5 Å². The van der Waals surface area contributed by atoms with Gasteiger partial charge in [0.15, 0.2) is 0 Å². The molecule has 0 saturated heterocycles. The topological polar surface area (TPSA) is 77.2 Å². The molecule has 0 spiro atoms. The zero-order chi connectivity index (χ0) is 14.6. The van der Waals surface area contributed by atoms with Crippen LogP contribution < -0.4 is 15.4 Å². The number of nitrogens with two attached hydrogens (primary N) is 1. The zero-order valence-corrected chi connectivity index (χ0v) is 10.9. The number of aromatic nitrogens is 3. The van der Waals surface area contributed by atoms with Gasteiger partial charge in [0.25, 0.3) is 0 Å². The standard InChI is InChI=1S/C10H16F3N5O/c1-6(2)19-9-16-7(14)15-8(17-9)18(3)5-4-10(11,12)13/h6H,4-5H2,1-3H3,(H2,14,15,16,17). The van der Waals surface area contributed by atoms with Crippen LogP contribution in [0, 0.1) is 0 Å². The summed E-state index contributed by atoms with van der Waals surface area (Å²) < 4.78 is 41.6. The number of hydrogen-bond acceptors (Lipinski definition) is 6. The first kappa shape index (κ1) is 15.3. The number of halogens is 3. The highest BCUT2D eigenvalue weighted by Crippen LogP contribution is 2.21. The minimum atomic E-state index is -4.23. The summed E-state index contributed by atoms with van der Waals surface area (Å²) >= 11 is 0. The van der Waals surface area contributed by atoms with Gasteiger partial charge in [-0.05, 0) is 13.8 Å². The summed E-state index contributed by atoms with van der Waals surface area (Å²) in [6.07, 6.45) is -5.37. The molecule has 0 atom stereocenters. The second-order valence-electron chi connectivity index (χ2n) is 4.23. The summed E-state index contributed by atoms with van der Waals surface area (Å²) in [6, 6.07) is -0.00337. The van der Waals surface area contributed by atoms with E-state index in [2.05, 4.69) is 15.0 Å². The van der Waals surface area contributed by atoms with E-state index in [9.17, 15) is 13.2 Å². The van der Waals surface area contributed by atoms with Gasteiger partial charge < -0.3 is 15.4 Å². The first-order valence-electron chi connectivity index (χ1n) is 5.63. The molecule has 0 saturated carbocycles. The van der Waals surface area contributed by atoms with E-state index in [0.29, 0.717) is 0 Å². The van der Waals surface area contributed by atoms with E-state index >= 15 is 0 Å². The van der Waals surface area contributed by atoms with Crippen LogP contribution >= 0.6 is 0 Å². The molecule has 108 valence electrons. The Morgan fingerprint density at radius 1 is 1.26 bits per heavy atom. The summed E-state index contributed by atoms with van der Waals surface area (Å²) in [5, 5.41) is 0. The predicted molar refractivity (Wildman–Crippen MR) is 63.9 cm³/mol. The molecule has 0 unspecified atom stereocenters. The van der Waals surface area contributed by atoms with Gasteiger partial charge in [0.1, 0.15) is 0 Å². The number of rotatable bonds is 5. The maximum absolute atomic E-state index is 12.1. The minimum absolute atomic E-state index is 0.00337. The van der Waals surface area contributed by atoms with Crippen molar-refractivity contribution in [2.24, 2.45) is 0 Å². The van der Waals surface area contributed by atoms with Crippen LogP contribution in [0.3, 0.4) is 0 Å². The maximum atomic E-state index is 12.1. The lowest BCUT2D eigenvalue weighted by Gasteiger charge is -2.18. The fourth-order valence-corrected chi connectivity index (χ4v) is 1.19. The van der Waals surface area contributed by atoms with Crippen molar-refractivity contribution < 1.29 is 17.9 Å². The van der Waals surface area contributed by atoms with Gasteiger partial charge in [0.2, 0.25) is 11.9 Å². The van der Waals surface area contributed by atoms with E-state index in [0.717, 1.165) is 0 Å². The molecule has 0 aliphatic heterocycles. The largest absolute Gasteiger partial charge is 0.461 e. The monoisotopic (exact) mass is 279 g/mol. The molecule has 0 amide bonds. The van der Waals surface area contributed by atoms with Crippen molar-refractivity contribution in [1.82, 2.24) is 15.0 Å². The third-order valence-corrected chi connectivity index (χ3v) is 2.03. The number of nitrogens with zero attached hydrogens (tertiary/aromatic N) is 4. The SMILES string of the molecule is CC(C)Oc1nc(N)nc(N(C)CCC(F)(F)F)n1. The van der Waals surface area contributed by atoms with Crippen LogP contribution in [0.1, 0.15) is 20.3 Å². The summed E-state index contributed by atoms with van der Waals surface area (Å²) in [4.78, 5) is 12.7. The highest BCUT2D eigenvalue weighted by Gasteiger charge is 2.27. The summed E-state index contributed by atoms with van der Waals surface area (Å²) in [5.74, 6) is -0.0492. The molecule has 1 rings (SSSR count). The molecule has 0 aliphatic rings. The van der Waals surface area contributed by atoms with Gasteiger partial charge >= 0.3 is 12.2 Å². The Bertz CT molecular complexity index is 424. The Kier molecular flexibility index (Phi) is 4.73. The second kappa shape index (κ2) is 5.89. The number of nitrogen functional groups attached to an aromatic ring is 1. The van der Waals surface area contributed by atoms with Gasteiger partial charge in [-0.1, -0.05) is 0 Å². The third-order valence-electron chi connectivity index (χ3n) is 2.03. The number of ether oxygens (including phenoxy) is 1. The predicted octanol–water partition coefficient (Wildman–Crippen LogP) is 1.63. The molecule has 9 heteroatoms. The average Bonchev–Trinajstić information content (AvgIpc) is 2.23. The van der Waals surface area contributed by atoms with Gasteiger partial charge in [-0.15, -0.1) is 0 Å². The van der Waals surface area contributed by atoms with Crippen molar-refractivity contribution in [1.29, 1.82) is 0 Å². The van der Waals surface area contributed by atoms with Gasteiger partial charge in [-0.3, -0.25) is 0 Å². The number of hydrogen-bond donors (Lipinski definition) is 1. The molecule has 0 fully saturated rings. The first-order chi connectivity index (χ1) is 8.67. The molecule has 1 heterocycles. The molecular weight excluding hydrogens is 263 g/mol. The average molecular weight is 279 g/mol. The van der Waals surface area contributed by atoms with Crippen molar-refractivity contribution in [3.8, 4) is 6.01 Å². The molecule has 19 heavy (non-hydrogen) atoms. The van der Waals surface area contributed by atoms with E-state index in [4.69, 9.17) is 10.5 Å². The maximum Gasteiger partial charge on any atom is 0.390 e. The van der Waals surface area contributed by atoms with Gasteiger partial charge in [-0.2, -0.15) is 28.1 Å². The van der Waals surface area contributed by atoms with Gasteiger partial charge in [0, 0.05) is 13.6 Å². The molecule has 0 aromatic carbocycles. The Balaban J connectivity index is 2.79. The molecule has 2 N–H and O–H groups in total. The van der Waals surface area contributed by atoms with Crippen molar-refractivity contribution in [3.05, 3.63) is 0 Å². The van der Waals surface area contributed by atoms with Crippen LogP contribution in [0.25, 0.3) is 0 Å². The van der Waals surface area contributed by atoms with Crippen molar-refractivity contribution >= 4 is 11.9 Å². The van der Waals surface area contributed by atoms with Crippen LogP contribution in [-0.2, 0) is 0 Å². The molecule has 1 aromatic heterocycles. The van der Waals surface area contributed by atoms with Crippen molar-refractivity contribution in [2.75, 3.05) is 24.2 Å². The Hall–Kier alpha value is -1.80. The lowest BCUT2D eigenvalue weighted by Crippen LogP contribution is -2.26. The molecule has 0 radical (unpaired) electrons. The Labute approximate surface area is 108 Å².